The highest BCUT2D eigenvalue weighted by molar-refractivity contribution is 6.28. The quantitative estimate of drug-likeness (QED) is 0.418. The lowest BCUT2D eigenvalue weighted by molar-refractivity contribution is 0.944. The second-order valence-corrected chi connectivity index (χ2v) is 4.18. The molecule has 3 aromatic rings. The number of halogens is 1. The van der Waals surface area contributed by atoms with Gasteiger partial charge in [-0.25, -0.2) is 15.8 Å². The van der Waals surface area contributed by atoms with E-state index in [-0.39, 0.29) is 5.28 Å². The first-order valence-corrected chi connectivity index (χ1v) is 5.89. The lowest BCUT2D eigenvalue weighted by atomic mass is 10.4. The topological polar surface area (TPSA) is 94.5 Å². The molecule has 0 aliphatic carbocycles. The molecule has 3 N–H and O–H groups in total. The zero-order valence-electron chi connectivity index (χ0n) is 10.0. The van der Waals surface area contributed by atoms with Crippen LogP contribution in [0.15, 0.2) is 24.4 Å². The highest BCUT2D eigenvalue weighted by Gasteiger charge is 2.16. The lowest BCUT2D eigenvalue weighted by Gasteiger charge is -2.05. The van der Waals surface area contributed by atoms with Crippen molar-refractivity contribution in [1.82, 2.24) is 24.5 Å². The fourth-order valence-electron chi connectivity index (χ4n) is 1.90. The van der Waals surface area contributed by atoms with E-state index in [2.05, 4.69) is 25.4 Å². The van der Waals surface area contributed by atoms with Gasteiger partial charge in [0, 0.05) is 6.20 Å². The Morgan fingerprint density at radius 3 is 2.79 bits per heavy atom. The zero-order chi connectivity index (χ0) is 13.4. The predicted octanol–water partition coefficient (Wildman–Crippen LogP) is 1.46. The number of nitrogens with zero attached hydrogens (tertiary/aromatic N) is 5. The van der Waals surface area contributed by atoms with E-state index in [1.165, 1.54) is 0 Å². The Morgan fingerprint density at radius 1 is 1.26 bits per heavy atom. The van der Waals surface area contributed by atoms with Crippen molar-refractivity contribution in [3.63, 3.8) is 0 Å². The minimum absolute atomic E-state index is 0.0949. The van der Waals surface area contributed by atoms with Gasteiger partial charge in [0.15, 0.2) is 17.0 Å². The van der Waals surface area contributed by atoms with Crippen LogP contribution in [-0.4, -0.2) is 24.5 Å². The van der Waals surface area contributed by atoms with Crippen LogP contribution < -0.4 is 11.3 Å². The third-order valence-electron chi connectivity index (χ3n) is 2.66. The molecule has 96 valence electrons. The summed E-state index contributed by atoms with van der Waals surface area (Å²) in [5.41, 5.74) is 3.58. The summed E-state index contributed by atoms with van der Waals surface area (Å²) in [5.74, 6) is 7.23. The van der Waals surface area contributed by atoms with Gasteiger partial charge in [0.25, 0.3) is 0 Å². The minimum atomic E-state index is 0.0949. The van der Waals surface area contributed by atoms with E-state index in [9.17, 15) is 0 Å². The highest BCUT2D eigenvalue weighted by Crippen LogP contribution is 2.24. The van der Waals surface area contributed by atoms with Gasteiger partial charge in [-0.1, -0.05) is 6.07 Å². The number of nitrogens with one attached hydrogen (secondary N) is 1. The summed E-state index contributed by atoms with van der Waals surface area (Å²) in [6.45, 7) is 1.85. The maximum absolute atomic E-state index is 5.89. The molecular formula is C11H10ClN7. The first-order chi connectivity index (χ1) is 9.20. The van der Waals surface area contributed by atoms with Gasteiger partial charge in [-0.05, 0) is 30.7 Å². The van der Waals surface area contributed by atoms with Crippen LogP contribution in [0, 0.1) is 6.92 Å². The molecule has 0 bridgehead atoms. The summed E-state index contributed by atoms with van der Waals surface area (Å²) < 4.78 is 1.80. The van der Waals surface area contributed by atoms with E-state index in [0.29, 0.717) is 22.8 Å². The average molecular weight is 276 g/mol. The standard InChI is InChI=1S/C11H10ClN7/c1-6-15-8-9(18-13)16-11(12)17-10(8)19(6)7-4-2-3-5-14-7/h2-5H,13H2,1H3,(H,16,17,18). The first-order valence-electron chi connectivity index (χ1n) is 5.51. The van der Waals surface area contributed by atoms with E-state index in [1.807, 2.05) is 25.1 Å². The number of hydrazine groups is 1. The van der Waals surface area contributed by atoms with Gasteiger partial charge in [-0.15, -0.1) is 0 Å². The second kappa shape index (κ2) is 4.45. The number of nitrogens with two attached hydrogens (primary N) is 1. The number of imidazole rings is 1. The molecule has 0 spiro atoms. The molecule has 0 amide bonds. The van der Waals surface area contributed by atoms with Crippen LogP contribution in [0.5, 0.6) is 0 Å². The van der Waals surface area contributed by atoms with Crippen LogP contribution in [0.4, 0.5) is 5.82 Å². The number of fused-ring (bicyclic) bond motifs is 1. The number of aromatic nitrogens is 5. The summed E-state index contributed by atoms with van der Waals surface area (Å²) in [6.07, 6.45) is 1.70. The summed E-state index contributed by atoms with van der Waals surface area (Å²) in [5, 5.41) is 0.0949. The molecule has 0 radical (unpaired) electrons. The molecule has 0 saturated carbocycles. The summed E-state index contributed by atoms with van der Waals surface area (Å²) in [6, 6.07) is 5.59. The molecule has 3 aromatic heterocycles. The van der Waals surface area contributed by atoms with Crippen LogP contribution in [0.3, 0.4) is 0 Å². The molecule has 0 aliphatic rings. The number of nitrogen functional groups attached to an aromatic ring is 1. The van der Waals surface area contributed by atoms with Crippen molar-refractivity contribution in [2.75, 3.05) is 5.43 Å². The van der Waals surface area contributed by atoms with Crippen molar-refractivity contribution in [3.8, 4) is 5.82 Å². The van der Waals surface area contributed by atoms with E-state index in [4.69, 9.17) is 17.4 Å². The minimum Gasteiger partial charge on any atom is -0.306 e. The maximum Gasteiger partial charge on any atom is 0.226 e. The van der Waals surface area contributed by atoms with Gasteiger partial charge in [-0.2, -0.15) is 9.97 Å². The van der Waals surface area contributed by atoms with Gasteiger partial charge in [0.1, 0.15) is 11.6 Å². The maximum atomic E-state index is 5.89. The SMILES string of the molecule is Cc1nc2c(NN)nc(Cl)nc2n1-c1ccccn1. The Bertz CT molecular complexity index is 738. The number of hydrogen-bond donors (Lipinski definition) is 2. The second-order valence-electron chi connectivity index (χ2n) is 3.84. The summed E-state index contributed by atoms with van der Waals surface area (Å²) >= 11 is 5.89. The summed E-state index contributed by atoms with van der Waals surface area (Å²) in [4.78, 5) is 16.9. The molecule has 3 heterocycles. The average Bonchev–Trinajstić information content (AvgIpc) is 2.75. The van der Waals surface area contributed by atoms with Gasteiger partial charge < -0.3 is 5.43 Å². The number of hydrogen-bond acceptors (Lipinski definition) is 6. The van der Waals surface area contributed by atoms with Crippen LogP contribution in [0.2, 0.25) is 5.28 Å². The van der Waals surface area contributed by atoms with Crippen molar-refractivity contribution < 1.29 is 0 Å². The van der Waals surface area contributed by atoms with E-state index in [0.717, 1.165) is 5.82 Å². The molecule has 0 saturated heterocycles. The van der Waals surface area contributed by atoms with E-state index < -0.39 is 0 Å². The zero-order valence-corrected chi connectivity index (χ0v) is 10.8. The van der Waals surface area contributed by atoms with Gasteiger partial charge >= 0.3 is 0 Å². The van der Waals surface area contributed by atoms with Crippen molar-refractivity contribution in [2.24, 2.45) is 5.84 Å². The van der Waals surface area contributed by atoms with Gasteiger partial charge in [0.05, 0.1) is 0 Å². The molecule has 0 atom stereocenters. The first kappa shape index (κ1) is 11.8. The number of rotatable bonds is 2. The normalized spacial score (nSPS) is 10.9. The van der Waals surface area contributed by atoms with Crippen LogP contribution in [0.1, 0.15) is 5.82 Å². The highest BCUT2D eigenvalue weighted by atomic mass is 35.5. The number of pyridine rings is 1. The van der Waals surface area contributed by atoms with Crippen LogP contribution in [0.25, 0.3) is 17.0 Å². The fraction of sp³-hybridized carbons (Fsp3) is 0.0909. The Balaban J connectivity index is 2.37. The smallest absolute Gasteiger partial charge is 0.226 e. The van der Waals surface area contributed by atoms with Crippen molar-refractivity contribution >= 4 is 28.6 Å². The third kappa shape index (κ3) is 1.88. The van der Waals surface area contributed by atoms with Gasteiger partial charge in [-0.3, -0.25) is 4.57 Å². The molecule has 8 heteroatoms. The monoisotopic (exact) mass is 275 g/mol. The van der Waals surface area contributed by atoms with E-state index >= 15 is 0 Å². The Hall–Kier alpha value is -2.25. The number of aryl methyl sites for hydroxylation is 1. The van der Waals surface area contributed by atoms with Crippen LogP contribution >= 0.6 is 11.6 Å². The molecule has 19 heavy (non-hydrogen) atoms. The van der Waals surface area contributed by atoms with Crippen molar-refractivity contribution in [1.29, 1.82) is 0 Å². The van der Waals surface area contributed by atoms with Crippen LogP contribution in [-0.2, 0) is 0 Å². The molecule has 0 aromatic carbocycles. The summed E-state index contributed by atoms with van der Waals surface area (Å²) in [7, 11) is 0. The molecule has 0 fully saturated rings. The Morgan fingerprint density at radius 2 is 2.11 bits per heavy atom. The fourth-order valence-corrected chi connectivity index (χ4v) is 2.07. The van der Waals surface area contributed by atoms with Crippen molar-refractivity contribution in [2.45, 2.75) is 6.92 Å². The molecule has 3 rings (SSSR count). The largest absolute Gasteiger partial charge is 0.306 e. The molecule has 0 aliphatic heterocycles. The molecule has 0 unspecified atom stereocenters. The number of anilines is 1. The Kier molecular flexibility index (Phi) is 2.77. The lowest BCUT2D eigenvalue weighted by Crippen LogP contribution is -2.10. The van der Waals surface area contributed by atoms with E-state index in [1.54, 1.807) is 10.8 Å². The molecule has 7 nitrogen and oxygen atoms in total. The predicted molar refractivity (Wildman–Crippen MR) is 72.0 cm³/mol. The Labute approximate surface area is 113 Å². The third-order valence-corrected chi connectivity index (χ3v) is 2.83. The van der Waals surface area contributed by atoms with Crippen molar-refractivity contribution in [3.05, 3.63) is 35.5 Å². The molecular weight excluding hydrogens is 266 g/mol. The van der Waals surface area contributed by atoms with Gasteiger partial charge in [0.2, 0.25) is 5.28 Å².